The van der Waals surface area contributed by atoms with Gasteiger partial charge in [-0.1, -0.05) is 30.3 Å². The first-order valence-electron chi connectivity index (χ1n) is 5.30. The smallest absolute Gasteiger partial charge is 0.316 e. The summed E-state index contributed by atoms with van der Waals surface area (Å²) in [5.41, 5.74) is 4.48. The minimum absolute atomic E-state index is 0.0696. The molecule has 7 heteroatoms. The minimum Gasteiger partial charge on any atom is -0.316 e. The lowest BCUT2D eigenvalue weighted by atomic mass is 9.97. The van der Waals surface area contributed by atoms with Crippen LogP contribution in [-0.4, -0.2) is 11.1 Å². The molecule has 0 unspecified atom stereocenters. The van der Waals surface area contributed by atoms with E-state index in [9.17, 15) is 23.3 Å². The zero-order valence-corrected chi connectivity index (χ0v) is 9.52. The van der Waals surface area contributed by atoms with Crippen molar-refractivity contribution in [1.82, 2.24) is 0 Å². The molecule has 1 atom stereocenters. The van der Waals surface area contributed by atoms with Crippen LogP contribution in [0.2, 0.25) is 0 Å². The third-order valence-electron chi connectivity index (χ3n) is 2.80. The third kappa shape index (κ3) is 2.37. The lowest BCUT2D eigenvalue weighted by Crippen LogP contribution is -2.28. The van der Waals surface area contributed by atoms with Crippen LogP contribution in [0, 0.1) is 10.1 Å². The van der Waals surface area contributed by atoms with Gasteiger partial charge in [0, 0.05) is 6.07 Å². The van der Waals surface area contributed by atoms with Crippen molar-refractivity contribution in [2.24, 2.45) is 5.73 Å². The fourth-order valence-electron chi connectivity index (χ4n) is 1.94. The van der Waals surface area contributed by atoms with Crippen molar-refractivity contribution in [2.45, 2.75) is 12.2 Å². The number of rotatable bonds is 2. The Balaban J connectivity index is 2.78. The Morgan fingerprint density at radius 2 is 1.74 bits per heavy atom. The Kier molecular flexibility index (Phi) is 3.15. The van der Waals surface area contributed by atoms with E-state index in [0.29, 0.717) is 5.39 Å². The summed E-state index contributed by atoms with van der Waals surface area (Å²) in [6, 6.07) is 5.90. The number of hydrogen-bond acceptors (Lipinski definition) is 3. The quantitative estimate of drug-likeness (QED) is 0.672. The molecule has 0 fully saturated rings. The van der Waals surface area contributed by atoms with E-state index in [0.717, 1.165) is 12.1 Å². The molecule has 0 saturated heterocycles. The van der Waals surface area contributed by atoms with Crippen LogP contribution in [-0.2, 0) is 0 Å². The summed E-state index contributed by atoms with van der Waals surface area (Å²) in [5.74, 6) is 0. The zero-order valence-electron chi connectivity index (χ0n) is 9.52. The lowest BCUT2D eigenvalue weighted by molar-refractivity contribution is -0.383. The highest BCUT2D eigenvalue weighted by molar-refractivity contribution is 5.94. The fourth-order valence-corrected chi connectivity index (χ4v) is 1.94. The first-order valence-corrected chi connectivity index (χ1v) is 5.30. The van der Waals surface area contributed by atoms with E-state index >= 15 is 0 Å². The van der Waals surface area contributed by atoms with E-state index in [2.05, 4.69) is 0 Å². The molecular formula is C12H9F3N2O2. The molecule has 19 heavy (non-hydrogen) atoms. The van der Waals surface area contributed by atoms with Crippen LogP contribution in [0.25, 0.3) is 10.8 Å². The molecule has 0 spiro atoms. The maximum Gasteiger partial charge on any atom is 0.407 e. The number of hydrogen-bond donors (Lipinski definition) is 1. The summed E-state index contributed by atoms with van der Waals surface area (Å²) in [6.45, 7) is 0. The van der Waals surface area contributed by atoms with E-state index in [-0.39, 0.29) is 16.6 Å². The van der Waals surface area contributed by atoms with Crippen molar-refractivity contribution in [3.8, 4) is 0 Å². The highest BCUT2D eigenvalue weighted by Gasteiger charge is 2.39. The lowest BCUT2D eigenvalue weighted by Gasteiger charge is -2.17. The average Bonchev–Trinajstić information content (AvgIpc) is 2.35. The van der Waals surface area contributed by atoms with Gasteiger partial charge in [-0.05, 0) is 10.9 Å². The second-order valence-corrected chi connectivity index (χ2v) is 4.00. The van der Waals surface area contributed by atoms with Crippen molar-refractivity contribution in [1.29, 1.82) is 0 Å². The van der Waals surface area contributed by atoms with Crippen LogP contribution in [0.5, 0.6) is 0 Å². The summed E-state index contributed by atoms with van der Waals surface area (Å²) in [5, 5.41) is 11.2. The second-order valence-electron chi connectivity index (χ2n) is 4.00. The number of nitrogens with zero attached hydrogens (tertiary/aromatic N) is 1. The minimum atomic E-state index is -4.65. The largest absolute Gasteiger partial charge is 0.407 e. The van der Waals surface area contributed by atoms with Gasteiger partial charge < -0.3 is 5.73 Å². The molecule has 0 aromatic heterocycles. The molecule has 4 nitrogen and oxygen atoms in total. The van der Waals surface area contributed by atoms with Gasteiger partial charge in [-0.3, -0.25) is 10.1 Å². The normalized spacial score (nSPS) is 13.5. The molecule has 0 bridgehead atoms. The number of halogens is 3. The number of benzene rings is 2. The zero-order chi connectivity index (χ0) is 14.2. The number of fused-ring (bicyclic) bond motifs is 1. The molecular weight excluding hydrogens is 261 g/mol. The van der Waals surface area contributed by atoms with Crippen molar-refractivity contribution in [3.63, 3.8) is 0 Å². The van der Waals surface area contributed by atoms with Crippen molar-refractivity contribution in [2.75, 3.05) is 0 Å². The van der Waals surface area contributed by atoms with Gasteiger partial charge in [0.2, 0.25) is 0 Å². The van der Waals surface area contributed by atoms with Crippen LogP contribution < -0.4 is 5.73 Å². The molecule has 0 aliphatic rings. The van der Waals surface area contributed by atoms with Gasteiger partial charge in [-0.15, -0.1) is 0 Å². The van der Waals surface area contributed by atoms with Crippen molar-refractivity contribution < 1.29 is 18.1 Å². The maximum atomic E-state index is 12.7. The third-order valence-corrected chi connectivity index (χ3v) is 2.80. The Hall–Kier alpha value is -2.15. The van der Waals surface area contributed by atoms with Gasteiger partial charge in [-0.25, -0.2) is 0 Å². The Morgan fingerprint density at radius 1 is 1.16 bits per heavy atom. The molecule has 0 aliphatic carbocycles. The van der Waals surface area contributed by atoms with Gasteiger partial charge in [0.25, 0.3) is 5.69 Å². The number of non-ortho nitro benzene ring substituents is 1. The Bertz CT molecular complexity index is 635. The summed E-state index contributed by atoms with van der Waals surface area (Å²) < 4.78 is 38.1. The molecule has 0 amide bonds. The number of nitrogens with two attached hydrogens (primary N) is 1. The molecule has 2 N–H and O–H groups in total. The van der Waals surface area contributed by atoms with Crippen LogP contribution in [0.3, 0.4) is 0 Å². The van der Waals surface area contributed by atoms with Crippen LogP contribution in [0.1, 0.15) is 11.6 Å². The average molecular weight is 270 g/mol. The van der Waals surface area contributed by atoms with Crippen LogP contribution in [0.15, 0.2) is 36.4 Å². The molecule has 0 heterocycles. The predicted molar refractivity (Wildman–Crippen MR) is 63.6 cm³/mol. The van der Waals surface area contributed by atoms with Crippen LogP contribution in [0.4, 0.5) is 18.9 Å². The number of nitro groups is 1. The van der Waals surface area contributed by atoms with E-state index in [1.807, 2.05) is 0 Å². The molecule has 2 rings (SSSR count). The summed E-state index contributed by atoms with van der Waals surface area (Å²) >= 11 is 0. The molecule has 0 saturated carbocycles. The fraction of sp³-hybridized carbons (Fsp3) is 0.167. The highest BCUT2D eigenvalue weighted by atomic mass is 19.4. The topological polar surface area (TPSA) is 69.2 Å². The van der Waals surface area contributed by atoms with E-state index in [1.54, 1.807) is 0 Å². The van der Waals surface area contributed by atoms with Gasteiger partial charge in [0.05, 0.1) is 10.3 Å². The Morgan fingerprint density at radius 3 is 2.26 bits per heavy atom. The van der Waals surface area contributed by atoms with Gasteiger partial charge >= 0.3 is 6.18 Å². The van der Waals surface area contributed by atoms with Gasteiger partial charge in [0.15, 0.2) is 0 Å². The first kappa shape index (κ1) is 13.3. The number of alkyl halides is 3. The summed E-state index contributed by atoms with van der Waals surface area (Å²) in [6.07, 6.45) is -4.65. The molecule has 2 aromatic rings. The predicted octanol–water partition coefficient (Wildman–Crippen LogP) is 3.31. The SMILES string of the molecule is N[C@@H](c1cccc2cccc([N+](=O)[O-])c12)C(F)(F)F. The number of nitro benzene ring substituents is 1. The van der Waals surface area contributed by atoms with Crippen molar-refractivity contribution in [3.05, 3.63) is 52.1 Å². The van der Waals surface area contributed by atoms with Crippen molar-refractivity contribution >= 4 is 16.5 Å². The van der Waals surface area contributed by atoms with Gasteiger partial charge in [0.1, 0.15) is 6.04 Å². The highest BCUT2D eigenvalue weighted by Crippen LogP contribution is 2.37. The summed E-state index contributed by atoms with van der Waals surface area (Å²) in [4.78, 5) is 10.2. The standard InChI is InChI=1S/C12H9F3N2O2/c13-12(14,15)11(16)8-5-1-3-7-4-2-6-9(10(7)8)17(18)19/h1-6,11H,16H2/t11-/m0/s1. The van der Waals surface area contributed by atoms with E-state index in [4.69, 9.17) is 5.73 Å². The summed E-state index contributed by atoms with van der Waals surface area (Å²) in [7, 11) is 0. The molecule has 0 aliphatic heterocycles. The van der Waals surface area contributed by atoms with E-state index in [1.165, 1.54) is 24.3 Å². The first-order chi connectivity index (χ1) is 8.82. The van der Waals surface area contributed by atoms with Crippen LogP contribution >= 0.6 is 0 Å². The van der Waals surface area contributed by atoms with E-state index < -0.39 is 17.1 Å². The Labute approximate surface area is 105 Å². The molecule has 2 aromatic carbocycles. The molecule has 100 valence electrons. The maximum absolute atomic E-state index is 12.7. The van der Waals surface area contributed by atoms with Gasteiger partial charge in [-0.2, -0.15) is 13.2 Å². The molecule has 0 radical (unpaired) electrons. The second kappa shape index (κ2) is 4.51. The monoisotopic (exact) mass is 270 g/mol.